The fraction of sp³-hybridized carbons (Fsp3) is 0.143. The lowest BCUT2D eigenvalue weighted by Crippen LogP contribution is -2.00. The molecule has 0 aromatic carbocycles. The Morgan fingerprint density at radius 3 is 3.08 bits per heavy atom. The molecule has 0 saturated carbocycles. The summed E-state index contributed by atoms with van der Waals surface area (Å²) in [6.07, 6.45) is 3.49. The zero-order chi connectivity index (χ0) is 9.42. The molecule has 13 heavy (non-hydrogen) atoms. The van der Waals surface area contributed by atoms with Crippen molar-refractivity contribution in [3.63, 3.8) is 0 Å². The number of carbonyl (C=O) groups is 1. The minimum Gasteiger partial charge on any atom is -0.464 e. The summed E-state index contributed by atoms with van der Waals surface area (Å²) < 4.78 is 7.30. The van der Waals surface area contributed by atoms with E-state index >= 15 is 0 Å². The molecule has 6 heteroatoms. The van der Waals surface area contributed by atoms with Crippen LogP contribution in [0.1, 0.15) is 10.5 Å². The van der Waals surface area contributed by atoms with Crippen LogP contribution in [-0.4, -0.2) is 22.5 Å². The van der Waals surface area contributed by atoms with Crippen molar-refractivity contribution in [2.24, 2.45) is 0 Å². The van der Waals surface area contributed by atoms with Crippen molar-refractivity contribution in [2.45, 2.75) is 0 Å². The minimum absolute atomic E-state index is 0.334. The number of ether oxygens (including phenoxy) is 1. The first-order chi connectivity index (χ1) is 6.20. The van der Waals surface area contributed by atoms with E-state index in [9.17, 15) is 4.79 Å². The van der Waals surface area contributed by atoms with Gasteiger partial charge in [0.05, 0.1) is 10.9 Å². The Bertz CT molecular complexity index is 430. The van der Waals surface area contributed by atoms with Gasteiger partial charge < -0.3 is 4.74 Å². The maximum absolute atomic E-state index is 11.1. The fourth-order valence-corrected chi connectivity index (χ4v) is 2.32. The molecule has 0 N–H and O–H groups in total. The second-order valence-electron chi connectivity index (χ2n) is 2.34. The Balaban J connectivity index is 2.51. The summed E-state index contributed by atoms with van der Waals surface area (Å²) >= 11 is 4.79. The molecule has 2 aromatic heterocycles. The van der Waals surface area contributed by atoms with E-state index in [2.05, 4.69) is 25.7 Å². The number of carbonyl (C=O) groups excluding carboxylic acids is 1. The van der Waals surface area contributed by atoms with Crippen LogP contribution >= 0.6 is 27.3 Å². The van der Waals surface area contributed by atoms with Gasteiger partial charge in [-0.25, -0.2) is 9.78 Å². The van der Waals surface area contributed by atoms with Crippen molar-refractivity contribution in [3.05, 3.63) is 21.9 Å². The van der Waals surface area contributed by atoms with Gasteiger partial charge in [-0.1, -0.05) is 11.3 Å². The normalized spacial score (nSPS) is 10.6. The number of nitrogens with zero attached hydrogens (tertiary/aromatic N) is 2. The third-order valence-electron chi connectivity index (χ3n) is 1.52. The number of rotatable bonds is 1. The van der Waals surface area contributed by atoms with E-state index in [0.717, 1.165) is 8.75 Å². The zero-order valence-corrected chi connectivity index (χ0v) is 9.05. The fourth-order valence-electron chi connectivity index (χ4n) is 0.970. The van der Waals surface area contributed by atoms with Crippen LogP contribution in [0, 0.1) is 0 Å². The van der Waals surface area contributed by atoms with E-state index in [1.165, 1.54) is 18.4 Å². The predicted molar refractivity (Wildman–Crippen MR) is 52.1 cm³/mol. The lowest BCUT2D eigenvalue weighted by Gasteiger charge is -1.89. The maximum Gasteiger partial charge on any atom is 0.358 e. The van der Waals surface area contributed by atoms with Crippen molar-refractivity contribution in [3.8, 4) is 0 Å². The zero-order valence-electron chi connectivity index (χ0n) is 6.65. The average Bonchev–Trinajstić information content (AvgIpc) is 2.59. The second-order valence-corrected chi connectivity index (χ2v) is 4.73. The lowest BCUT2D eigenvalue weighted by atomic mass is 10.5. The summed E-state index contributed by atoms with van der Waals surface area (Å²) in [4.78, 5) is 15.9. The molecule has 4 nitrogen and oxygen atoms in total. The smallest absolute Gasteiger partial charge is 0.358 e. The first-order valence-corrected chi connectivity index (χ1v) is 5.04. The van der Waals surface area contributed by atoms with Gasteiger partial charge in [0.25, 0.3) is 0 Å². The molecule has 0 saturated heterocycles. The van der Waals surface area contributed by atoms with Crippen LogP contribution in [-0.2, 0) is 4.74 Å². The van der Waals surface area contributed by atoms with Gasteiger partial charge in [0.2, 0.25) is 0 Å². The average molecular weight is 261 g/mol. The van der Waals surface area contributed by atoms with Gasteiger partial charge in [0, 0.05) is 12.4 Å². The monoisotopic (exact) mass is 260 g/mol. The summed E-state index contributed by atoms with van der Waals surface area (Å²) in [5, 5.41) is 0. The second kappa shape index (κ2) is 3.12. The molecule has 0 atom stereocenters. The molecule has 2 rings (SSSR count). The van der Waals surface area contributed by atoms with Gasteiger partial charge in [-0.3, -0.25) is 4.40 Å². The number of aromatic nitrogens is 2. The van der Waals surface area contributed by atoms with Crippen LogP contribution in [0.15, 0.2) is 16.2 Å². The van der Waals surface area contributed by atoms with E-state index in [1.54, 1.807) is 10.6 Å². The van der Waals surface area contributed by atoms with Gasteiger partial charge in [0.1, 0.15) is 0 Å². The quantitative estimate of drug-likeness (QED) is 0.737. The Hall–Kier alpha value is -0.880. The minimum atomic E-state index is -0.410. The van der Waals surface area contributed by atoms with E-state index in [4.69, 9.17) is 0 Å². The summed E-state index contributed by atoms with van der Waals surface area (Å²) in [6.45, 7) is 0. The molecule has 0 aliphatic carbocycles. The van der Waals surface area contributed by atoms with E-state index in [0.29, 0.717) is 5.69 Å². The third kappa shape index (κ3) is 1.47. The van der Waals surface area contributed by atoms with E-state index in [1.807, 2.05) is 6.20 Å². The standard InChI is InChI=1S/C7H5BrN2O2S/c1-12-6(11)4-2-10-3-5(8)13-7(10)9-4/h2-3H,1H3. The lowest BCUT2D eigenvalue weighted by molar-refractivity contribution is 0.0595. The predicted octanol–water partition coefficient (Wildman–Crippen LogP) is 1.94. The van der Waals surface area contributed by atoms with Crippen molar-refractivity contribution >= 4 is 38.2 Å². The van der Waals surface area contributed by atoms with Gasteiger partial charge in [-0.15, -0.1) is 0 Å². The Morgan fingerprint density at radius 1 is 1.69 bits per heavy atom. The molecular formula is C7H5BrN2O2S. The molecular weight excluding hydrogens is 256 g/mol. The SMILES string of the molecule is COC(=O)c1cn2cc(Br)sc2n1. The largest absolute Gasteiger partial charge is 0.464 e. The molecule has 68 valence electrons. The Labute approximate surface area is 86.3 Å². The number of thiazole rings is 1. The first-order valence-electron chi connectivity index (χ1n) is 3.43. The topological polar surface area (TPSA) is 43.6 Å². The van der Waals surface area contributed by atoms with Gasteiger partial charge in [-0.2, -0.15) is 0 Å². The van der Waals surface area contributed by atoms with Crippen LogP contribution in [0.3, 0.4) is 0 Å². The molecule has 0 aliphatic rings. The van der Waals surface area contributed by atoms with Crippen molar-refractivity contribution in [2.75, 3.05) is 7.11 Å². The molecule has 2 heterocycles. The first kappa shape index (κ1) is 8.71. The highest BCUT2D eigenvalue weighted by Gasteiger charge is 2.11. The molecule has 0 unspecified atom stereocenters. The number of methoxy groups -OCH3 is 1. The molecule has 0 bridgehead atoms. The summed E-state index contributed by atoms with van der Waals surface area (Å²) in [6, 6.07) is 0. The van der Waals surface area contributed by atoms with Gasteiger partial charge in [0.15, 0.2) is 10.7 Å². The Kier molecular flexibility index (Phi) is 2.09. The highest BCUT2D eigenvalue weighted by atomic mass is 79.9. The molecule has 0 spiro atoms. The number of imidazole rings is 1. The van der Waals surface area contributed by atoms with E-state index < -0.39 is 5.97 Å². The van der Waals surface area contributed by atoms with Gasteiger partial charge >= 0.3 is 5.97 Å². The molecule has 0 fully saturated rings. The van der Waals surface area contributed by atoms with Crippen LogP contribution in [0.25, 0.3) is 4.96 Å². The van der Waals surface area contributed by atoms with Crippen LogP contribution in [0.4, 0.5) is 0 Å². The number of hydrogen-bond acceptors (Lipinski definition) is 4. The van der Waals surface area contributed by atoms with Crippen LogP contribution < -0.4 is 0 Å². The maximum atomic E-state index is 11.1. The molecule has 2 aromatic rings. The summed E-state index contributed by atoms with van der Waals surface area (Å²) in [7, 11) is 1.34. The summed E-state index contributed by atoms with van der Waals surface area (Å²) in [5.74, 6) is -0.410. The number of hydrogen-bond donors (Lipinski definition) is 0. The van der Waals surface area contributed by atoms with E-state index in [-0.39, 0.29) is 0 Å². The van der Waals surface area contributed by atoms with Crippen molar-refractivity contribution in [1.29, 1.82) is 0 Å². The molecule has 0 aliphatic heterocycles. The third-order valence-corrected chi connectivity index (χ3v) is 3.00. The van der Waals surface area contributed by atoms with Crippen LogP contribution in [0.5, 0.6) is 0 Å². The molecule has 0 radical (unpaired) electrons. The highest BCUT2D eigenvalue weighted by molar-refractivity contribution is 9.11. The van der Waals surface area contributed by atoms with Crippen LogP contribution in [0.2, 0.25) is 0 Å². The van der Waals surface area contributed by atoms with Crippen molar-refractivity contribution < 1.29 is 9.53 Å². The summed E-state index contributed by atoms with van der Waals surface area (Å²) in [5.41, 5.74) is 0.334. The Morgan fingerprint density at radius 2 is 2.46 bits per heavy atom. The number of esters is 1. The molecule has 0 amide bonds. The van der Waals surface area contributed by atoms with Crippen molar-refractivity contribution in [1.82, 2.24) is 9.38 Å². The van der Waals surface area contributed by atoms with Gasteiger partial charge in [-0.05, 0) is 15.9 Å². The number of halogens is 1. The highest BCUT2D eigenvalue weighted by Crippen LogP contribution is 2.22. The number of fused-ring (bicyclic) bond motifs is 1.